The Morgan fingerprint density at radius 3 is 2.44 bits per heavy atom. The molecule has 9 heteroatoms. The average Bonchev–Trinajstić information content (AvgIpc) is 2.15. The maximum Gasteiger partial charge on any atom is 0.409 e. The van der Waals surface area contributed by atoms with E-state index in [0.29, 0.717) is 3.57 Å². The number of hydrogen-bond donors (Lipinski definition) is 1. The van der Waals surface area contributed by atoms with E-state index in [0.717, 1.165) is 0 Å². The average molecular weight is 377 g/mol. The summed E-state index contributed by atoms with van der Waals surface area (Å²) in [7, 11) is -3.24. The van der Waals surface area contributed by atoms with E-state index in [2.05, 4.69) is 4.98 Å². The molecule has 0 aromatic heterocycles. The number of diazo groups is 1. The van der Waals surface area contributed by atoms with Crippen LogP contribution in [0, 0.1) is 8.96 Å². The standard InChI is InChI=1S/C7H5IN2O4S.ClH/c1-14-6-4(8)2-3-5(10-9)7(6)15(11,12)13;/h2-3H,1H3;1H. The Balaban J connectivity index is 0.00000225. The van der Waals surface area contributed by atoms with Gasteiger partial charge in [0, 0.05) is 6.07 Å². The molecule has 0 aliphatic rings. The van der Waals surface area contributed by atoms with E-state index in [4.69, 9.17) is 14.7 Å². The summed E-state index contributed by atoms with van der Waals surface area (Å²) in [6.45, 7) is 0. The third-order valence-electron chi connectivity index (χ3n) is 1.61. The highest BCUT2D eigenvalue weighted by Crippen LogP contribution is 2.36. The second-order valence-electron chi connectivity index (χ2n) is 2.50. The van der Waals surface area contributed by atoms with Crippen LogP contribution in [-0.2, 0) is 10.1 Å². The maximum absolute atomic E-state index is 11.0. The minimum Gasteiger partial charge on any atom is -1.00 e. The van der Waals surface area contributed by atoms with Crippen LogP contribution in [0.5, 0.6) is 5.75 Å². The van der Waals surface area contributed by atoms with Crippen LogP contribution in [-0.4, -0.2) is 20.1 Å². The second-order valence-corrected chi connectivity index (χ2v) is 5.02. The van der Waals surface area contributed by atoms with E-state index in [9.17, 15) is 8.42 Å². The van der Waals surface area contributed by atoms with Crippen LogP contribution in [0.4, 0.5) is 5.69 Å². The summed E-state index contributed by atoms with van der Waals surface area (Å²) in [5.41, 5.74) is -0.269. The van der Waals surface area contributed by atoms with Gasteiger partial charge in [-0.25, -0.2) is 0 Å². The molecule has 0 spiro atoms. The third kappa shape index (κ3) is 2.94. The van der Waals surface area contributed by atoms with Crippen LogP contribution in [0.25, 0.3) is 4.98 Å². The molecule has 16 heavy (non-hydrogen) atoms. The monoisotopic (exact) mass is 376 g/mol. The van der Waals surface area contributed by atoms with Gasteiger partial charge >= 0.3 is 15.8 Å². The Morgan fingerprint density at radius 2 is 2.06 bits per heavy atom. The molecule has 0 bridgehead atoms. The molecule has 0 heterocycles. The topological polar surface area (TPSA) is 91.8 Å². The summed E-state index contributed by atoms with van der Waals surface area (Å²) in [5.74, 6) is -0.0478. The van der Waals surface area contributed by atoms with Crippen molar-refractivity contribution in [2.24, 2.45) is 0 Å². The molecule has 0 fully saturated rings. The normalized spacial score (nSPS) is 10.1. The van der Waals surface area contributed by atoms with Gasteiger partial charge in [-0.2, -0.15) is 8.42 Å². The van der Waals surface area contributed by atoms with Crippen molar-refractivity contribution in [2.45, 2.75) is 4.90 Å². The van der Waals surface area contributed by atoms with Crippen molar-refractivity contribution in [1.82, 2.24) is 0 Å². The first-order chi connectivity index (χ1) is 6.91. The van der Waals surface area contributed by atoms with Gasteiger partial charge in [-0.05, 0) is 28.7 Å². The van der Waals surface area contributed by atoms with Crippen molar-refractivity contribution in [3.8, 4) is 5.75 Å². The van der Waals surface area contributed by atoms with Crippen molar-refractivity contribution in [2.75, 3.05) is 7.11 Å². The highest BCUT2D eigenvalue weighted by Gasteiger charge is 2.31. The molecule has 1 aromatic rings. The minimum absolute atomic E-state index is 0. The van der Waals surface area contributed by atoms with Crippen LogP contribution in [0.3, 0.4) is 0 Å². The van der Waals surface area contributed by atoms with Crippen LogP contribution >= 0.6 is 22.6 Å². The van der Waals surface area contributed by atoms with E-state index in [-0.39, 0.29) is 23.8 Å². The summed E-state index contributed by atoms with van der Waals surface area (Å²) in [4.78, 5) is 2.22. The van der Waals surface area contributed by atoms with Crippen molar-refractivity contribution in [3.05, 3.63) is 20.7 Å². The molecular weight excluding hydrogens is 371 g/mol. The van der Waals surface area contributed by atoms with Gasteiger partial charge in [0.25, 0.3) is 0 Å². The van der Waals surface area contributed by atoms with Crippen LogP contribution in [0.2, 0.25) is 0 Å². The lowest BCUT2D eigenvalue weighted by Gasteiger charge is -2.04. The van der Waals surface area contributed by atoms with E-state index < -0.39 is 15.0 Å². The van der Waals surface area contributed by atoms with Crippen LogP contribution in [0.15, 0.2) is 17.0 Å². The van der Waals surface area contributed by atoms with Gasteiger partial charge in [-0.15, -0.1) is 0 Å². The smallest absolute Gasteiger partial charge is 0.409 e. The lowest BCUT2D eigenvalue weighted by molar-refractivity contribution is -0.00000781. The van der Waals surface area contributed by atoms with E-state index in [1.807, 2.05) is 22.6 Å². The minimum atomic E-state index is -4.49. The van der Waals surface area contributed by atoms with Crippen molar-refractivity contribution in [3.63, 3.8) is 0 Å². The Morgan fingerprint density at radius 1 is 1.50 bits per heavy atom. The number of nitrogens with zero attached hydrogens (tertiary/aromatic N) is 2. The van der Waals surface area contributed by atoms with Gasteiger partial charge in [0.05, 0.1) is 10.7 Å². The van der Waals surface area contributed by atoms with Crippen molar-refractivity contribution >= 4 is 38.4 Å². The van der Waals surface area contributed by atoms with Gasteiger partial charge in [-0.3, -0.25) is 4.55 Å². The highest BCUT2D eigenvalue weighted by atomic mass is 127. The number of methoxy groups -OCH3 is 1. The van der Waals surface area contributed by atoms with Gasteiger partial charge in [-0.1, -0.05) is 0 Å². The molecule has 0 atom stereocenters. The lowest BCUT2D eigenvalue weighted by atomic mass is 10.3. The van der Waals surface area contributed by atoms with Gasteiger partial charge in [0.2, 0.25) is 10.3 Å². The highest BCUT2D eigenvalue weighted by molar-refractivity contribution is 14.1. The van der Waals surface area contributed by atoms with Crippen molar-refractivity contribution < 1.29 is 30.1 Å². The SMILES string of the molecule is COc1c(I)ccc([N+]#N)c1S(=O)(=O)O.[Cl-]. The number of rotatable bonds is 2. The first-order valence-corrected chi connectivity index (χ1v) is 6.12. The summed E-state index contributed by atoms with van der Waals surface area (Å²) in [6, 6.07) is 2.76. The fourth-order valence-corrected chi connectivity index (χ4v) is 2.70. The number of hydrogen-bond acceptors (Lipinski definition) is 4. The zero-order valence-electron chi connectivity index (χ0n) is 7.89. The largest absolute Gasteiger partial charge is 1.00 e. The molecule has 0 aliphatic heterocycles. The predicted molar refractivity (Wildman–Crippen MR) is 60.3 cm³/mol. The quantitative estimate of drug-likeness (QED) is 0.408. The molecule has 0 saturated heterocycles. The maximum atomic E-state index is 11.0. The fraction of sp³-hybridized carbons (Fsp3) is 0.143. The summed E-state index contributed by atoms with van der Waals surface area (Å²) in [6.07, 6.45) is 0. The molecule has 6 nitrogen and oxygen atoms in total. The molecular formula is C7H6ClIN2O4S. The summed E-state index contributed by atoms with van der Waals surface area (Å²) in [5, 5.41) is 8.58. The Labute approximate surface area is 112 Å². The van der Waals surface area contributed by atoms with E-state index >= 15 is 0 Å². The summed E-state index contributed by atoms with van der Waals surface area (Å²) < 4.78 is 36.4. The third-order valence-corrected chi connectivity index (χ3v) is 3.37. The van der Waals surface area contributed by atoms with Gasteiger partial charge in [0.15, 0.2) is 10.7 Å². The fourth-order valence-electron chi connectivity index (χ4n) is 1.05. The number of benzene rings is 1. The van der Waals surface area contributed by atoms with Gasteiger partial charge in [0.1, 0.15) is 0 Å². The molecule has 0 aliphatic carbocycles. The van der Waals surface area contributed by atoms with Crippen LogP contribution in [0.1, 0.15) is 0 Å². The number of halogens is 2. The summed E-state index contributed by atoms with van der Waals surface area (Å²) >= 11 is 1.84. The Bertz CT molecular complexity index is 540. The molecule has 1 N–H and O–H groups in total. The van der Waals surface area contributed by atoms with Crippen molar-refractivity contribution in [1.29, 1.82) is 5.39 Å². The lowest BCUT2D eigenvalue weighted by Crippen LogP contribution is -3.00. The molecule has 1 rings (SSSR count). The first-order valence-electron chi connectivity index (χ1n) is 3.61. The van der Waals surface area contributed by atoms with E-state index in [1.165, 1.54) is 19.2 Å². The Hall–Kier alpha value is -0.630. The first kappa shape index (κ1) is 15.4. The number of ether oxygens (including phenoxy) is 1. The molecule has 0 saturated carbocycles. The predicted octanol–water partition coefficient (Wildman–Crippen LogP) is -0.965. The zero-order valence-corrected chi connectivity index (χ0v) is 11.6. The molecule has 0 unspecified atom stereocenters. The molecule has 88 valence electrons. The molecule has 0 radical (unpaired) electrons. The van der Waals surface area contributed by atoms with Gasteiger partial charge < -0.3 is 17.1 Å². The molecule has 1 aromatic carbocycles. The zero-order chi connectivity index (χ0) is 11.6. The van der Waals surface area contributed by atoms with E-state index in [1.54, 1.807) is 0 Å². The van der Waals surface area contributed by atoms with Crippen LogP contribution < -0.4 is 17.1 Å². The second kappa shape index (κ2) is 5.62. The molecule has 0 amide bonds. The Kier molecular flexibility index (Phi) is 5.40.